The molecule has 0 radical (unpaired) electrons. The molecule has 0 bridgehead atoms. The summed E-state index contributed by atoms with van der Waals surface area (Å²) in [6.07, 6.45) is 0. The Balaban J connectivity index is 1.27. The molecule has 0 saturated heterocycles. The Hall–Kier alpha value is -6.42. The number of fused-ring (bicyclic) bond motifs is 6. The van der Waals surface area contributed by atoms with E-state index in [-0.39, 0.29) is 0 Å². The van der Waals surface area contributed by atoms with Crippen molar-refractivity contribution in [1.29, 1.82) is 0 Å². The fourth-order valence-electron chi connectivity index (χ4n) is 7.47. The second-order valence-electron chi connectivity index (χ2n) is 12.9. The van der Waals surface area contributed by atoms with Gasteiger partial charge in [0.15, 0.2) is 5.58 Å². The van der Waals surface area contributed by atoms with Crippen molar-refractivity contribution in [1.82, 2.24) is 0 Å². The zero-order valence-corrected chi connectivity index (χ0v) is 28.5. The van der Waals surface area contributed by atoms with E-state index in [0.717, 1.165) is 50.1 Å². The summed E-state index contributed by atoms with van der Waals surface area (Å²) in [4.78, 5) is 2.41. The zero-order valence-electron chi connectivity index (χ0n) is 27.7. The number of nitrogens with zero attached hydrogens (tertiary/aromatic N) is 1. The fraction of sp³-hybridized carbons (Fsp3) is 0. The predicted octanol–water partition coefficient (Wildman–Crippen LogP) is 14.4. The van der Waals surface area contributed by atoms with Crippen molar-refractivity contribution < 1.29 is 4.42 Å². The van der Waals surface area contributed by atoms with Gasteiger partial charge in [0.1, 0.15) is 5.58 Å². The van der Waals surface area contributed by atoms with E-state index in [9.17, 15) is 0 Å². The van der Waals surface area contributed by atoms with E-state index in [1.165, 1.54) is 42.4 Å². The number of hydrogen-bond acceptors (Lipinski definition) is 3. The molecule has 0 aliphatic heterocycles. The normalized spacial score (nSPS) is 11.5. The van der Waals surface area contributed by atoms with Crippen molar-refractivity contribution in [2.24, 2.45) is 0 Å². The lowest BCUT2D eigenvalue weighted by Crippen LogP contribution is -2.11. The van der Waals surface area contributed by atoms with Gasteiger partial charge in [0.25, 0.3) is 0 Å². The van der Waals surface area contributed by atoms with E-state index >= 15 is 0 Å². The molecule has 0 spiro atoms. The molecule has 0 fully saturated rings. The maximum atomic E-state index is 6.92. The van der Waals surface area contributed by atoms with Crippen molar-refractivity contribution in [2.45, 2.75) is 0 Å². The molecule has 0 saturated carbocycles. The highest BCUT2D eigenvalue weighted by molar-refractivity contribution is 7.26. The minimum Gasteiger partial charge on any atom is -0.454 e. The van der Waals surface area contributed by atoms with E-state index in [2.05, 4.69) is 193 Å². The molecule has 8 aromatic carbocycles. The van der Waals surface area contributed by atoms with Gasteiger partial charge < -0.3 is 9.32 Å². The standard InChI is InChI=1S/C48H31NOS/c1-4-14-32(15-5-1)35-20-12-21-37(30-35)49(42-29-28-38(34-18-8-3-9-19-34)48-46(42)41-22-10-11-25-45(41)51-48)43-24-13-23-40-39-27-26-36(31-44(39)50-47(40)43)33-16-6-2-7-17-33/h1-31H. The van der Waals surface area contributed by atoms with E-state index in [1.54, 1.807) is 0 Å². The third-order valence-corrected chi connectivity index (χ3v) is 11.1. The number of thiophene rings is 1. The second kappa shape index (κ2) is 12.2. The third-order valence-electron chi connectivity index (χ3n) is 9.87. The highest BCUT2D eigenvalue weighted by Gasteiger charge is 2.24. The Labute approximate surface area is 300 Å². The van der Waals surface area contributed by atoms with Crippen LogP contribution >= 0.6 is 11.3 Å². The second-order valence-corrected chi connectivity index (χ2v) is 13.9. The summed E-state index contributed by atoms with van der Waals surface area (Å²) in [5.41, 5.74) is 12.0. The topological polar surface area (TPSA) is 16.4 Å². The van der Waals surface area contributed by atoms with Crippen molar-refractivity contribution in [3.05, 3.63) is 188 Å². The van der Waals surface area contributed by atoms with Crippen molar-refractivity contribution in [2.75, 3.05) is 4.90 Å². The lowest BCUT2D eigenvalue weighted by molar-refractivity contribution is 0.669. The van der Waals surface area contributed by atoms with Gasteiger partial charge >= 0.3 is 0 Å². The van der Waals surface area contributed by atoms with E-state index in [4.69, 9.17) is 4.42 Å². The average molecular weight is 670 g/mol. The first-order chi connectivity index (χ1) is 25.3. The maximum Gasteiger partial charge on any atom is 0.159 e. The first kappa shape index (κ1) is 29.5. The Kier molecular flexibility index (Phi) is 7.04. The SMILES string of the molecule is c1ccc(-c2cccc(N(c3cccc4c3oc3cc(-c5ccccc5)ccc34)c3ccc(-c4ccccc4)c4sc5ccccc5c34)c2)cc1. The number of furan rings is 1. The number of para-hydroxylation sites is 1. The van der Waals surface area contributed by atoms with Crippen molar-refractivity contribution >= 4 is 70.5 Å². The van der Waals surface area contributed by atoms with Gasteiger partial charge in [-0.15, -0.1) is 11.3 Å². The molecule has 2 aromatic heterocycles. The van der Waals surface area contributed by atoms with Crippen LogP contribution in [0.1, 0.15) is 0 Å². The Morgan fingerprint density at radius 2 is 1.04 bits per heavy atom. The number of rotatable bonds is 6. The highest BCUT2D eigenvalue weighted by atomic mass is 32.1. The summed E-state index contributed by atoms with van der Waals surface area (Å²) in [7, 11) is 0. The molecular weight excluding hydrogens is 639 g/mol. The van der Waals surface area contributed by atoms with Crippen LogP contribution in [0.3, 0.4) is 0 Å². The molecule has 0 aliphatic rings. The molecule has 0 aliphatic carbocycles. The van der Waals surface area contributed by atoms with E-state index < -0.39 is 0 Å². The van der Waals surface area contributed by atoms with Gasteiger partial charge in [0.05, 0.1) is 11.4 Å². The molecule has 0 N–H and O–H groups in total. The molecular formula is C48H31NOS. The van der Waals surface area contributed by atoms with Gasteiger partial charge in [-0.05, 0) is 75.8 Å². The largest absolute Gasteiger partial charge is 0.454 e. The van der Waals surface area contributed by atoms with Gasteiger partial charge in [-0.25, -0.2) is 0 Å². The van der Waals surface area contributed by atoms with Crippen LogP contribution in [-0.2, 0) is 0 Å². The summed E-state index contributed by atoms with van der Waals surface area (Å²) >= 11 is 1.86. The lowest BCUT2D eigenvalue weighted by Gasteiger charge is -2.27. The van der Waals surface area contributed by atoms with Crippen LogP contribution in [0.2, 0.25) is 0 Å². The van der Waals surface area contributed by atoms with Crippen molar-refractivity contribution in [3.63, 3.8) is 0 Å². The Morgan fingerprint density at radius 3 is 1.80 bits per heavy atom. The molecule has 240 valence electrons. The first-order valence-corrected chi connectivity index (χ1v) is 18.1. The fourth-order valence-corrected chi connectivity index (χ4v) is 8.73. The van der Waals surface area contributed by atoms with Crippen LogP contribution < -0.4 is 4.90 Å². The summed E-state index contributed by atoms with van der Waals surface area (Å²) in [5.74, 6) is 0. The quantitative estimate of drug-likeness (QED) is 0.175. The van der Waals surface area contributed by atoms with Gasteiger partial charge in [-0.2, -0.15) is 0 Å². The Bertz CT molecular complexity index is 2850. The summed E-state index contributed by atoms with van der Waals surface area (Å²) in [6, 6.07) is 67.2. The van der Waals surface area contributed by atoms with Crippen LogP contribution in [0.15, 0.2) is 192 Å². The molecule has 0 amide bonds. The van der Waals surface area contributed by atoms with Gasteiger partial charge in [-0.1, -0.05) is 146 Å². The number of hydrogen-bond donors (Lipinski definition) is 0. The predicted molar refractivity (Wildman–Crippen MR) is 218 cm³/mol. The molecule has 2 heterocycles. The highest BCUT2D eigenvalue weighted by Crippen LogP contribution is 2.50. The minimum atomic E-state index is 0.864. The maximum absolute atomic E-state index is 6.92. The zero-order chi connectivity index (χ0) is 33.7. The van der Waals surface area contributed by atoms with Crippen LogP contribution in [0.5, 0.6) is 0 Å². The summed E-state index contributed by atoms with van der Waals surface area (Å²) < 4.78 is 9.46. The van der Waals surface area contributed by atoms with Gasteiger partial charge in [0, 0.05) is 36.6 Å². The monoisotopic (exact) mass is 669 g/mol. The molecule has 0 atom stereocenters. The molecule has 10 rings (SSSR count). The van der Waals surface area contributed by atoms with E-state index in [0.29, 0.717) is 0 Å². The molecule has 3 heteroatoms. The van der Waals surface area contributed by atoms with Crippen LogP contribution in [-0.4, -0.2) is 0 Å². The van der Waals surface area contributed by atoms with Crippen LogP contribution in [0, 0.1) is 0 Å². The summed E-state index contributed by atoms with van der Waals surface area (Å²) in [5, 5.41) is 4.69. The van der Waals surface area contributed by atoms with Crippen molar-refractivity contribution in [3.8, 4) is 33.4 Å². The van der Waals surface area contributed by atoms with Gasteiger partial charge in [-0.3, -0.25) is 0 Å². The number of benzene rings is 8. The van der Waals surface area contributed by atoms with Gasteiger partial charge in [0.2, 0.25) is 0 Å². The smallest absolute Gasteiger partial charge is 0.159 e. The average Bonchev–Trinajstić information content (AvgIpc) is 3.78. The molecule has 2 nitrogen and oxygen atoms in total. The lowest BCUT2D eigenvalue weighted by atomic mass is 9.99. The van der Waals surface area contributed by atoms with E-state index in [1.807, 2.05) is 11.3 Å². The van der Waals surface area contributed by atoms with Crippen LogP contribution in [0.25, 0.3) is 75.5 Å². The third kappa shape index (κ3) is 5.01. The molecule has 51 heavy (non-hydrogen) atoms. The Morgan fingerprint density at radius 1 is 0.412 bits per heavy atom. The van der Waals surface area contributed by atoms with Crippen LogP contribution in [0.4, 0.5) is 17.1 Å². The number of anilines is 3. The summed E-state index contributed by atoms with van der Waals surface area (Å²) in [6.45, 7) is 0. The molecule has 0 unspecified atom stereocenters. The first-order valence-electron chi connectivity index (χ1n) is 17.3. The molecule has 10 aromatic rings. The minimum absolute atomic E-state index is 0.864.